The molecule has 2 aromatic rings. The highest BCUT2D eigenvalue weighted by molar-refractivity contribution is 5.59. The average Bonchev–Trinajstić information content (AvgIpc) is 2.47. The molecule has 0 radical (unpaired) electrons. The minimum Gasteiger partial charge on any atom is -0.325 e. The Labute approximate surface area is 127 Å². The van der Waals surface area contributed by atoms with Gasteiger partial charge in [0, 0.05) is 24.3 Å². The maximum Gasteiger partial charge on any atom is 0.155 e. The summed E-state index contributed by atoms with van der Waals surface area (Å²) in [6, 6.07) is 14.3. The van der Waals surface area contributed by atoms with Crippen molar-refractivity contribution in [2.45, 2.75) is 39.8 Å². The second kappa shape index (κ2) is 6.68. The van der Waals surface area contributed by atoms with Gasteiger partial charge in [0.15, 0.2) is 5.82 Å². The van der Waals surface area contributed by atoms with Gasteiger partial charge in [-0.2, -0.15) is 5.10 Å². The van der Waals surface area contributed by atoms with Crippen LogP contribution in [-0.2, 0) is 6.54 Å². The molecule has 0 fully saturated rings. The number of nitrogens with one attached hydrogen (secondary N) is 1. The quantitative estimate of drug-likeness (QED) is 0.912. The Morgan fingerprint density at radius 2 is 1.71 bits per heavy atom. The molecule has 0 saturated heterocycles. The highest BCUT2D eigenvalue weighted by atomic mass is 15.3. The van der Waals surface area contributed by atoms with E-state index >= 15 is 0 Å². The molecule has 0 saturated carbocycles. The molecular formula is C17H24N4. The fraction of sp³-hybridized carbons (Fsp3) is 0.412. The Balaban J connectivity index is 2.10. The Morgan fingerprint density at radius 3 is 2.24 bits per heavy atom. The maximum atomic E-state index is 4.36. The molecule has 4 heteroatoms. The van der Waals surface area contributed by atoms with Gasteiger partial charge < -0.3 is 10.2 Å². The van der Waals surface area contributed by atoms with Crippen molar-refractivity contribution in [3.05, 3.63) is 48.2 Å². The van der Waals surface area contributed by atoms with E-state index in [0.717, 1.165) is 30.3 Å². The van der Waals surface area contributed by atoms with Crippen molar-refractivity contribution in [1.29, 1.82) is 0 Å². The first kappa shape index (κ1) is 15.4. The van der Waals surface area contributed by atoms with Gasteiger partial charge in [-0.25, -0.2) is 0 Å². The molecular weight excluding hydrogens is 260 g/mol. The van der Waals surface area contributed by atoms with E-state index in [0.29, 0.717) is 0 Å². The molecule has 21 heavy (non-hydrogen) atoms. The number of aromatic nitrogens is 2. The van der Waals surface area contributed by atoms with Crippen LogP contribution in [0.5, 0.6) is 0 Å². The molecule has 2 rings (SSSR count). The third-order valence-electron chi connectivity index (χ3n) is 3.17. The summed E-state index contributed by atoms with van der Waals surface area (Å²) in [4.78, 5) is 2.15. The lowest BCUT2D eigenvalue weighted by molar-refractivity contribution is 0.420. The SMILES string of the molecule is CCN(c1ccccc1)c1ccc(CNC(C)(C)C)nn1. The summed E-state index contributed by atoms with van der Waals surface area (Å²) in [5, 5.41) is 12.1. The van der Waals surface area contributed by atoms with Gasteiger partial charge in [-0.1, -0.05) is 18.2 Å². The van der Waals surface area contributed by atoms with E-state index in [1.54, 1.807) is 0 Å². The monoisotopic (exact) mass is 284 g/mol. The van der Waals surface area contributed by atoms with Crippen molar-refractivity contribution in [3.63, 3.8) is 0 Å². The number of rotatable bonds is 5. The van der Waals surface area contributed by atoms with Crippen molar-refractivity contribution in [2.24, 2.45) is 0 Å². The van der Waals surface area contributed by atoms with Crippen LogP contribution in [0.2, 0.25) is 0 Å². The zero-order chi connectivity index (χ0) is 15.3. The molecule has 0 amide bonds. The summed E-state index contributed by atoms with van der Waals surface area (Å²) in [5.74, 6) is 0.878. The zero-order valence-corrected chi connectivity index (χ0v) is 13.3. The lowest BCUT2D eigenvalue weighted by Gasteiger charge is -2.22. The Kier molecular flexibility index (Phi) is 4.91. The third kappa shape index (κ3) is 4.53. The van der Waals surface area contributed by atoms with Gasteiger partial charge in [0.05, 0.1) is 5.69 Å². The van der Waals surface area contributed by atoms with Crippen molar-refractivity contribution in [2.75, 3.05) is 11.4 Å². The van der Waals surface area contributed by atoms with Crippen LogP contribution in [0, 0.1) is 0 Å². The first-order chi connectivity index (χ1) is 9.99. The van der Waals surface area contributed by atoms with Gasteiger partial charge in [0.2, 0.25) is 0 Å². The molecule has 1 N–H and O–H groups in total. The van der Waals surface area contributed by atoms with Crippen molar-refractivity contribution < 1.29 is 0 Å². The fourth-order valence-electron chi connectivity index (χ4n) is 2.03. The van der Waals surface area contributed by atoms with E-state index in [1.807, 2.05) is 30.3 Å². The number of nitrogens with zero attached hydrogens (tertiary/aromatic N) is 3. The number of benzene rings is 1. The van der Waals surface area contributed by atoms with E-state index in [9.17, 15) is 0 Å². The van der Waals surface area contributed by atoms with Crippen LogP contribution in [0.1, 0.15) is 33.4 Å². The fourth-order valence-corrected chi connectivity index (χ4v) is 2.03. The molecule has 0 spiro atoms. The second-order valence-electron chi connectivity index (χ2n) is 6.07. The molecule has 0 unspecified atom stereocenters. The lowest BCUT2D eigenvalue weighted by atomic mass is 10.1. The molecule has 0 aliphatic heterocycles. The zero-order valence-electron chi connectivity index (χ0n) is 13.3. The summed E-state index contributed by atoms with van der Waals surface area (Å²) in [6.07, 6.45) is 0. The van der Waals surface area contributed by atoms with Crippen LogP contribution >= 0.6 is 0 Å². The van der Waals surface area contributed by atoms with Crippen LogP contribution in [-0.4, -0.2) is 22.3 Å². The number of hydrogen-bond acceptors (Lipinski definition) is 4. The Hall–Kier alpha value is -1.94. The summed E-state index contributed by atoms with van der Waals surface area (Å²) in [6.45, 7) is 10.1. The van der Waals surface area contributed by atoms with Gasteiger partial charge in [0.25, 0.3) is 0 Å². The number of anilines is 2. The first-order valence-corrected chi connectivity index (χ1v) is 7.40. The minimum atomic E-state index is 0.0832. The maximum absolute atomic E-state index is 4.36. The van der Waals surface area contributed by atoms with E-state index in [-0.39, 0.29) is 5.54 Å². The van der Waals surface area contributed by atoms with Gasteiger partial charge >= 0.3 is 0 Å². The molecule has 0 aliphatic carbocycles. The smallest absolute Gasteiger partial charge is 0.155 e. The second-order valence-corrected chi connectivity index (χ2v) is 6.07. The average molecular weight is 284 g/mol. The van der Waals surface area contributed by atoms with Crippen LogP contribution in [0.3, 0.4) is 0 Å². The topological polar surface area (TPSA) is 41.0 Å². The minimum absolute atomic E-state index is 0.0832. The molecule has 1 aromatic carbocycles. The highest BCUT2D eigenvalue weighted by Gasteiger charge is 2.11. The summed E-state index contributed by atoms with van der Waals surface area (Å²) >= 11 is 0. The van der Waals surface area contributed by atoms with Crippen LogP contribution in [0.4, 0.5) is 11.5 Å². The summed E-state index contributed by atoms with van der Waals surface area (Å²) in [7, 11) is 0. The normalized spacial score (nSPS) is 11.4. The molecule has 1 aromatic heterocycles. The van der Waals surface area contributed by atoms with Crippen molar-refractivity contribution in [1.82, 2.24) is 15.5 Å². The van der Waals surface area contributed by atoms with E-state index in [2.05, 4.69) is 60.2 Å². The molecule has 1 heterocycles. The molecule has 112 valence electrons. The Bertz CT molecular complexity index is 543. The molecule has 0 aliphatic rings. The standard InChI is InChI=1S/C17H24N4/c1-5-21(15-9-7-6-8-10-15)16-12-11-14(19-20-16)13-18-17(2,3)4/h6-12,18H,5,13H2,1-4H3. The highest BCUT2D eigenvalue weighted by Crippen LogP contribution is 2.22. The largest absolute Gasteiger partial charge is 0.325 e. The predicted octanol–water partition coefficient (Wildman–Crippen LogP) is 3.52. The van der Waals surface area contributed by atoms with E-state index in [4.69, 9.17) is 0 Å². The van der Waals surface area contributed by atoms with Crippen molar-refractivity contribution in [3.8, 4) is 0 Å². The lowest BCUT2D eigenvalue weighted by Crippen LogP contribution is -2.35. The number of para-hydroxylation sites is 1. The van der Waals surface area contributed by atoms with Crippen LogP contribution in [0.15, 0.2) is 42.5 Å². The molecule has 0 bridgehead atoms. The third-order valence-corrected chi connectivity index (χ3v) is 3.17. The molecule has 4 nitrogen and oxygen atoms in total. The van der Waals surface area contributed by atoms with Crippen molar-refractivity contribution >= 4 is 11.5 Å². The van der Waals surface area contributed by atoms with Gasteiger partial charge in [-0.05, 0) is 52.0 Å². The number of hydrogen-bond donors (Lipinski definition) is 1. The van der Waals surface area contributed by atoms with Gasteiger partial charge in [-0.3, -0.25) is 0 Å². The van der Waals surface area contributed by atoms with Crippen LogP contribution < -0.4 is 10.2 Å². The summed E-state index contributed by atoms with van der Waals surface area (Å²) < 4.78 is 0. The van der Waals surface area contributed by atoms with Gasteiger partial charge in [0.1, 0.15) is 0 Å². The molecule has 0 atom stereocenters. The summed E-state index contributed by atoms with van der Waals surface area (Å²) in [5.41, 5.74) is 2.17. The van der Waals surface area contributed by atoms with Gasteiger partial charge in [-0.15, -0.1) is 5.10 Å². The first-order valence-electron chi connectivity index (χ1n) is 7.40. The Morgan fingerprint density at radius 1 is 1.00 bits per heavy atom. The van der Waals surface area contributed by atoms with E-state index < -0.39 is 0 Å². The predicted molar refractivity (Wildman–Crippen MR) is 87.7 cm³/mol. The van der Waals surface area contributed by atoms with Crippen LogP contribution in [0.25, 0.3) is 0 Å². The van der Waals surface area contributed by atoms with E-state index in [1.165, 1.54) is 0 Å².